The van der Waals surface area contributed by atoms with Crippen molar-refractivity contribution in [2.75, 3.05) is 0 Å². The zero-order chi connectivity index (χ0) is 85.4. The van der Waals surface area contributed by atoms with Crippen molar-refractivity contribution < 1.29 is 0 Å². The third-order valence-electron chi connectivity index (χ3n) is 23.8. The monoisotopic (exact) mass is 1630 g/mol. The van der Waals surface area contributed by atoms with Gasteiger partial charge in [0.1, 0.15) is 0 Å². The van der Waals surface area contributed by atoms with Crippen LogP contribution in [0, 0.1) is 22.7 Å². The van der Waals surface area contributed by atoms with Gasteiger partial charge in [-0.05, 0) is 167 Å². The Hall–Kier alpha value is -17.8. The topological polar surface area (TPSA) is 145 Å². The van der Waals surface area contributed by atoms with E-state index in [-0.39, 0.29) is 0 Å². The van der Waals surface area contributed by atoms with E-state index in [1.807, 2.05) is 170 Å². The summed E-state index contributed by atoms with van der Waals surface area (Å²) >= 11 is 0. The summed E-state index contributed by atoms with van der Waals surface area (Å²) in [5, 5.41) is 28.4. The van der Waals surface area contributed by atoms with E-state index < -0.39 is 0 Å². The van der Waals surface area contributed by atoms with E-state index in [4.69, 9.17) is 29.9 Å². The number of benzene rings is 18. The highest BCUT2D eigenvalue weighted by atomic mass is 15.1. The highest BCUT2D eigenvalue weighted by molar-refractivity contribution is 6.13. The minimum Gasteiger partial charge on any atom is -0.309 e. The van der Waals surface area contributed by atoms with Crippen LogP contribution in [0.1, 0.15) is 11.1 Å². The molecule has 0 bridgehead atoms. The maximum Gasteiger partial charge on any atom is 0.164 e. The molecule has 0 fully saturated rings. The fourth-order valence-electron chi connectivity index (χ4n) is 17.9. The lowest BCUT2D eigenvalue weighted by molar-refractivity contribution is 1.07. The second-order valence-corrected chi connectivity index (χ2v) is 31.6. The van der Waals surface area contributed by atoms with Gasteiger partial charge in [0.2, 0.25) is 0 Å². The summed E-state index contributed by atoms with van der Waals surface area (Å²) in [6, 6.07) is 159. The minimum absolute atomic E-state index is 0.613. The zero-order valence-electron chi connectivity index (χ0n) is 69.1. The molecule has 6 aromatic heterocycles. The second-order valence-electron chi connectivity index (χ2n) is 31.6. The van der Waals surface area contributed by atoms with E-state index in [9.17, 15) is 10.5 Å². The van der Waals surface area contributed by atoms with Gasteiger partial charge in [-0.15, -0.1) is 0 Å². The molecule has 598 valence electrons. The van der Waals surface area contributed by atoms with Crippen LogP contribution in [0.2, 0.25) is 0 Å². The third kappa shape index (κ3) is 14.4. The Bertz CT molecular complexity index is 7910. The van der Waals surface area contributed by atoms with Gasteiger partial charge in [0.15, 0.2) is 34.9 Å². The molecule has 0 radical (unpaired) electrons. The van der Waals surface area contributed by atoms with Gasteiger partial charge in [-0.3, -0.25) is 0 Å². The molecule has 18 aromatic carbocycles. The molecule has 12 heteroatoms. The quantitative estimate of drug-likeness (QED) is 0.111. The van der Waals surface area contributed by atoms with Gasteiger partial charge in [0, 0.05) is 99.2 Å². The van der Waals surface area contributed by atoms with Crippen molar-refractivity contribution in [2.24, 2.45) is 0 Å². The molecule has 0 spiro atoms. The number of fused-ring (bicyclic) bond motifs is 12. The normalized spacial score (nSPS) is 11.3. The lowest BCUT2D eigenvalue weighted by atomic mass is 9.92. The van der Waals surface area contributed by atoms with Crippen LogP contribution < -0.4 is 0 Å². The number of hydrogen-bond acceptors (Lipinski definition) is 8. The number of nitriles is 2. The van der Waals surface area contributed by atoms with Crippen LogP contribution in [-0.4, -0.2) is 48.2 Å². The van der Waals surface area contributed by atoms with E-state index >= 15 is 0 Å². The number of hydrogen-bond donors (Lipinski definition) is 0. The van der Waals surface area contributed by atoms with Gasteiger partial charge in [0.25, 0.3) is 0 Å². The summed E-state index contributed by atoms with van der Waals surface area (Å²) in [4.78, 5) is 29.9. The molecule has 0 aliphatic rings. The molecule has 24 rings (SSSR count). The number of para-hydroxylation sites is 8. The molecule has 0 saturated carbocycles. The predicted octanol–water partition coefficient (Wildman–Crippen LogP) is 28.6. The zero-order valence-corrected chi connectivity index (χ0v) is 69.1. The van der Waals surface area contributed by atoms with E-state index in [2.05, 4.69) is 309 Å². The Kier molecular flexibility index (Phi) is 19.8. The summed E-state index contributed by atoms with van der Waals surface area (Å²) in [5.74, 6) is 3.85. The molecule has 12 nitrogen and oxygen atoms in total. The SMILES string of the molecule is N#Cc1ccc(-c2cc(-c3ccc(C#N)cc3)cc(-c3cccc(-n4c5ccccc5c5ccccc54)c3)c2)cc1.c1ccc(-c2nc(-c3ccccc3)nc(-c3cc(-n4c5ccccc5c5ccccc54)cc(-n4c5ccccc5c5ccccc54)c3)n2)cc1.c1ccc(-c2nc(-c3ccccc3)nc(-c3cccc(-n4c5ccccc5c5ccccc54)c3)n2)cc1. The minimum atomic E-state index is 0.613. The molecular weight excluding hydrogens is 1560 g/mol. The van der Waals surface area contributed by atoms with Gasteiger partial charge in [-0.25, -0.2) is 29.9 Å². The summed E-state index contributed by atoms with van der Waals surface area (Å²) in [7, 11) is 0. The molecule has 0 aliphatic heterocycles. The van der Waals surface area contributed by atoms with Crippen LogP contribution in [0.3, 0.4) is 0 Å². The van der Waals surface area contributed by atoms with Crippen molar-refractivity contribution in [1.29, 1.82) is 10.5 Å². The molecule has 0 N–H and O–H groups in total. The highest BCUT2D eigenvalue weighted by Gasteiger charge is 2.23. The lowest BCUT2D eigenvalue weighted by Crippen LogP contribution is -2.03. The average Bonchev–Trinajstić information content (AvgIpc) is 1.59. The van der Waals surface area contributed by atoms with Gasteiger partial charge < -0.3 is 18.3 Å². The molecular formula is C116H74N12. The number of aromatic nitrogens is 10. The maximum atomic E-state index is 9.29. The Morgan fingerprint density at radius 3 is 0.641 bits per heavy atom. The molecule has 0 saturated heterocycles. The Labute approximate surface area is 737 Å². The highest BCUT2D eigenvalue weighted by Crippen LogP contribution is 2.42. The number of rotatable bonds is 13. The molecule has 128 heavy (non-hydrogen) atoms. The first-order valence-corrected chi connectivity index (χ1v) is 42.6. The third-order valence-corrected chi connectivity index (χ3v) is 23.8. The lowest BCUT2D eigenvalue weighted by Gasteiger charge is -2.16. The fourth-order valence-corrected chi connectivity index (χ4v) is 17.9. The smallest absolute Gasteiger partial charge is 0.164 e. The first-order valence-electron chi connectivity index (χ1n) is 42.6. The Morgan fingerprint density at radius 1 is 0.148 bits per heavy atom. The van der Waals surface area contributed by atoms with Crippen LogP contribution in [0.25, 0.3) is 212 Å². The molecule has 0 amide bonds. The summed E-state index contributed by atoms with van der Waals surface area (Å²) in [5.41, 5.74) is 26.8. The average molecular weight is 1640 g/mol. The number of nitrogens with zero attached hydrogens (tertiary/aromatic N) is 12. The maximum absolute atomic E-state index is 9.29. The Balaban J connectivity index is 0.000000115. The Morgan fingerprint density at radius 2 is 0.359 bits per heavy atom. The summed E-state index contributed by atoms with van der Waals surface area (Å²) in [6.45, 7) is 0. The van der Waals surface area contributed by atoms with Gasteiger partial charge in [-0.2, -0.15) is 10.5 Å². The van der Waals surface area contributed by atoms with Crippen molar-refractivity contribution in [3.8, 4) is 137 Å². The van der Waals surface area contributed by atoms with Crippen LogP contribution in [0.15, 0.2) is 449 Å². The van der Waals surface area contributed by atoms with Crippen molar-refractivity contribution in [2.45, 2.75) is 0 Å². The van der Waals surface area contributed by atoms with Crippen LogP contribution in [0.5, 0.6) is 0 Å². The van der Waals surface area contributed by atoms with Crippen molar-refractivity contribution in [3.63, 3.8) is 0 Å². The van der Waals surface area contributed by atoms with Crippen molar-refractivity contribution in [1.82, 2.24) is 48.2 Å². The first-order chi connectivity index (χ1) is 63.4. The van der Waals surface area contributed by atoms with E-state index in [0.717, 1.165) is 112 Å². The molecule has 24 aromatic rings. The van der Waals surface area contributed by atoms with Crippen molar-refractivity contribution >= 4 is 87.2 Å². The molecule has 0 atom stereocenters. The van der Waals surface area contributed by atoms with Gasteiger partial charge in [-0.1, -0.05) is 315 Å². The van der Waals surface area contributed by atoms with Crippen LogP contribution in [-0.2, 0) is 0 Å². The summed E-state index contributed by atoms with van der Waals surface area (Å²) < 4.78 is 9.37. The largest absolute Gasteiger partial charge is 0.309 e. The predicted molar refractivity (Wildman–Crippen MR) is 522 cm³/mol. The van der Waals surface area contributed by atoms with Crippen LogP contribution >= 0.6 is 0 Å². The second kappa shape index (κ2) is 33.2. The first kappa shape index (κ1) is 76.3. The van der Waals surface area contributed by atoms with Crippen LogP contribution in [0.4, 0.5) is 0 Å². The van der Waals surface area contributed by atoms with E-state index in [0.29, 0.717) is 46.1 Å². The molecule has 0 unspecified atom stereocenters. The molecule has 6 heterocycles. The van der Waals surface area contributed by atoms with Gasteiger partial charge in [0.05, 0.1) is 67.4 Å². The molecule has 0 aliphatic carbocycles. The fraction of sp³-hybridized carbons (Fsp3) is 0. The standard InChI is InChI=1S/C45H29N5.C38H23N3.C33H22N4/c1-3-15-30(16-4-1)43-46-44(31-17-5-2-6-18-31)48-45(47-43)32-27-33(49-39-23-11-7-19-35(39)36-20-8-12-24-40(36)49)29-34(28-32)50-41-25-13-9-21-37(41)38-22-10-14-26-42(38)50;39-24-26-12-16-28(17-13-26)31-20-32(29-18-14-27(25-40)15-19-29)22-33(21-31)30-6-5-7-34(23-30)41-37-10-3-1-8-35(37)36-9-2-4-11-38(36)41;1-3-12-23(13-4-1)31-34-32(24-14-5-2-6-15-24)36-33(35-31)25-16-11-17-26(22-25)37-29-20-9-7-18-27(29)28-19-8-10-21-30(28)37/h1-29H;1-23H;1-22H. The van der Waals surface area contributed by atoms with Gasteiger partial charge >= 0.3 is 0 Å². The van der Waals surface area contributed by atoms with E-state index in [1.54, 1.807) is 0 Å². The summed E-state index contributed by atoms with van der Waals surface area (Å²) in [6.07, 6.45) is 0. The van der Waals surface area contributed by atoms with E-state index in [1.165, 1.54) is 65.2 Å². The van der Waals surface area contributed by atoms with Crippen molar-refractivity contribution in [3.05, 3.63) is 460 Å².